The highest BCUT2D eigenvalue weighted by molar-refractivity contribution is 6.74. The van der Waals surface area contributed by atoms with E-state index in [1.165, 1.54) is 5.56 Å². The number of esters is 1. The third-order valence-electron chi connectivity index (χ3n) is 7.11. The van der Waals surface area contributed by atoms with Gasteiger partial charge in [-0.1, -0.05) is 51.1 Å². The van der Waals surface area contributed by atoms with E-state index in [2.05, 4.69) is 64.7 Å². The minimum absolute atomic E-state index is 0.0880. The first-order valence-corrected chi connectivity index (χ1v) is 16.2. The maximum absolute atomic E-state index is 13.2. The lowest BCUT2D eigenvalue weighted by Gasteiger charge is -2.40. The van der Waals surface area contributed by atoms with Gasteiger partial charge < -0.3 is 18.6 Å². The van der Waals surface area contributed by atoms with E-state index in [0.29, 0.717) is 13.2 Å². The van der Waals surface area contributed by atoms with Gasteiger partial charge in [0.25, 0.3) is 0 Å². The van der Waals surface area contributed by atoms with Crippen molar-refractivity contribution in [2.24, 2.45) is 0 Å². The Balaban J connectivity index is 2.41. The third-order valence-corrected chi connectivity index (χ3v) is 11.6. The molecule has 2 rings (SSSR count). The van der Waals surface area contributed by atoms with E-state index in [4.69, 9.17) is 18.6 Å². The van der Waals surface area contributed by atoms with E-state index in [-0.39, 0.29) is 41.7 Å². The number of ether oxygens (including phenoxy) is 3. The van der Waals surface area contributed by atoms with Crippen molar-refractivity contribution < 1.29 is 23.4 Å². The molecule has 0 unspecified atom stereocenters. The van der Waals surface area contributed by atoms with Crippen LogP contribution in [0.15, 0.2) is 30.3 Å². The van der Waals surface area contributed by atoms with Crippen LogP contribution in [0, 0.1) is 0 Å². The highest BCUT2D eigenvalue weighted by Gasteiger charge is 2.49. The second-order valence-electron chi connectivity index (χ2n) is 13.3. The Labute approximate surface area is 221 Å². The van der Waals surface area contributed by atoms with Gasteiger partial charge in [0.05, 0.1) is 13.0 Å². The molecule has 0 aliphatic carbocycles. The van der Waals surface area contributed by atoms with E-state index in [9.17, 15) is 4.79 Å². The molecule has 3 atom stereocenters. The van der Waals surface area contributed by atoms with E-state index in [0.717, 1.165) is 0 Å². The highest BCUT2D eigenvalue weighted by Crippen LogP contribution is 2.39. The summed E-state index contributed by atoms with van der Waals surface area (Å²) >= 11 is 0. The van der Waals surface area contributed by atoms with Crippen LogP contribution < -0.4 is 0 Å². The maximum Gasteiger partial charge on any atom is 0.308 e. The molecule has 36 heavy (non-hydrogen) atoms. The lowest BCUT2D eigenvalue weighted by molar-refractivity contribution is -0.165. The van der Waals surface area contributed by atoms with Gasteiger partial charge in [0.2, 0.25) is 0 Å². The number of benzene rings is 1. The summed E-state index contributed by atoms with van der Waals surface area (Å²) in [5.41, 5.74) is 0.633. The number of carbonyl (C=O) groups is 1. The summed E-state index contributed by atoms with van der Waals surface area (Å²) in [5, 5.41) is 0.0880. The third kappa shape index (κ3) is 8.94. The molecule has 0 saturated carbocycles. The Bertz CT molecular complexity index is 841. The van der Waals surface area contributed by atoms with Gasteiger partial charge in [0.1, 0.15) is 17.8 Å². The Hall–Kier alpha value is -1.25. The van der Waals surface area contributed by atoms with Gasteiger partial charge in [-0.3, -0.25) is 9.69 Å². The Morgan fingerprint density at radius 3 is 2.14 bits per heavy atom. The first-order valence-electron chi connectivity index (χ1n) is 13.3. The van der Waals surface area contributed by atoms with Gasteiger partial charge in [-0.2, -0.15) is 0 Å². The Kier molecular flexibility index (Phi) is 10.0. The summed E-state index contributed by atoms with van der Waals surface area (Å²) in [5.74, 6) is -1.00. The minimum atomic E-state index is -2.00. The highest BCUT2D eigenvalue weighted by atomic mass is 28.4. The number of hydrogen-bond acceptors (Lipinski definition) is 6. The van der Waals surface area contributed by atoms with Crippen molar-refractivity contribution in [1.82, 2.24) is 4.90 Å². The van der Waals surface area contributed by atoms with Crippen LogP contribution >= 0.6 is 0 Å². The van der Waals surface area contributed by atoms with Crippen LogP contribution in [0.1, 0.15) is 81.2 Å². The van der Waals surface area contributed by atoms with Crippen molar-refractivity contribution in [3.05, 3.63) is 35.9 Å². The summed E-state index contributed by atoms with van der Waals surface area (Å²) in [6.45, 7) is 26.2. The number of rotatable bonds is 10. The fourth-order valence-corrected chi connectivity index (χ4v) is 5.29. The molecule has 1 fully saturated rings. The number of carbonyl (C=O) groups excluding carboxylic acids is 1. The summed E-state index contributed by atoms with van der Waals surface area (Å²) in [4.78, 5) is 15.5. The van der Waals surface area contributed by atoms with Gasteiger partial charge in [-0.25, -0.2) is 0 Å². The molecular weight excluding hydrogens is 470 g/mol. The zero-order valence-electron chi connectivity index (χ0n) is 24.8. The number of nitrogens with zero attached hydrogens (tertiary/aromatic N) is 1. The molecule has 1 aromatic carbocycles. The molecule has 0 bridgehead atoms. The largest absolute Gasteiger partial charge is 0.460 e. The zero-order valence-corrected chi connectivity index (χ0v) is 25.8. The molecule has 1 heterocycles. The normalized spacial score (nSPS) is 21.7. The molecule has 0 N–H and O–H groups in total. The predicted octanol–water partition coefficient (Wildman–Crippen LogP) is 6.54. The molecule has 7 heteroatoms. The fourth-order valence-electron chi connectivity index (χ4n) is 4.28. The van der Waals surface area contributed by atoms with Gasteiger partial charge in [-0.05, 0) is 72.2 Å². The van der Waals surface area contributed by atoms with Gasteiger partial charge in [-0.15, -0.1) is 0 Å². The lowest BCUT2D eigenvalue weighted by Crippen LogP contribution is -2.53. The van der Waals surface area contributed by atoms with Crippen molar-refractivity contribution in [2.75, 3.05) is 6.61 Å². The molecule has 1 aliphatic heterocycles. The second-order valence-corrected chi connectivity index (χ2v) is 18.1. The van der Waals surface area contributed by atoms with Crippen LogP contribution in [0.4, 0.5) is 0 Å². The molecular formula is C29H51NO5Si. The average molecular weight is 522 g/mol. The van der Waals surface area contributed by atoms with Crippen molar-refractivity contribution in [3.63, 3.8) is 0 Å². The van der Waals surface area contributed by atoms with Crippen molar-refractivity contribution in [3.8, 4) is 0 Å². The molecule has 1 saturated heterocycles. The molecule has 6 nitrogen and oxygen atoms in total. The van der Waals surface area contributed by atoms with Crippen LogP contribution in [0.5, 0.6) is 0 Å². The SMILES string of the molecule is CC(C)N(Cc1ccccc1)[C@@H](CC(=O)OC(C)(C)C)[C@@H]1OC(C)(C)O[C@H]1CO[Si](C)(C)C(C)(C)C. The smallest absolute Gasteiger partial charge is 0.308 e. The monoisotopic (exact) mass is 521 g/mol. The summed E-state index contributed by atoms with van der Waals surface area (Å²) in [6.07, 6.45) is -0.426. The van der Waals surface area contributed by atoms with E-state index >= 15 is 0 Å². The fraction of sp³-hybridized carbons (Fsp3) is 0.759. The first-order chi connectivity index (χ1) is 16.3. The lowest BCUT2D eigenvalue weighted by atomic mass is 9.98. The van der Waals surface area contributed by atoms with Crippen molar-refractivity contribution in [1.29, 1.82) is 0 Å². The van der Waals surface area contributed by atoms with E-state index < -0.39 is 19.7 Å². The summed E-state index contributed by atoms with van der Waals surface area (Å²) in [6, 6.07) is 10.3. The van der Waals surface area contributed by atoms with Crippen molar-refractivity contribution in [2.45, 2.75) is 136 Å². The van der Waals surface area contributed by atoms with Crippen LogP contribution in [0.2, 0.25) is 18.1 Å². The van der Waals surface area contributed by atoms with Crippen LogP contribution in [-0.4, -0.2) is 61.5 Å². The van der Waals surface area contributed by atoms with E-state index in [1.54, 1.807) is 0 Å². The van der Waals surface area contributed by atoms with Gasteiger partial charge in [0.15, 0.2) is 14.1 Å². The van der Waals surface area contributed by atoms with Crippen LogP contribution in [0.3, 0.4) is 0 Å². The molecule has 0 radical (unpaired) electrons. The molecule has 0 amide bonds. The van der Waals surface area contributed by atoms with Gasteiger partial charge >= 0.3 is 5.97 Å². The Morgan fingerprint density at radius 1 is 1.06 bits per heavy atom. The van der Waals surface area contributed by atoms with E-state index in [1.807, 2.05) is 52.8 Å². The standard InChI is InChI=1S/C29H51NO5Si/c1-21(2)30(19-22-16-14-13-15-17-22)23(18-25(31)34-27(3,4)5)26-24(33-29(9,10)35-26)20-32-36(11,12)28(6,7)8/h13-17,21,23-24,26H,18-20H2,1-12H3/t23-,24-,26-/m0/s1. The molecule has 1 aromatic rings. The first kappa shape index (κ1) is 31.0. The predicted molar refractivity (Wildman–Crippen MR) is 148 cm³/mol. The topological polar surface area (TPSA) is 57.2 Å². The summed E-state index contributed by atoms with van der Waals surface area (Å²) < 4.78 is 25.3. The average Bonchev–Trinajstić information content (AvgIpc) is 3.02. The molecule has 1 aliphatic rings. The maximum atomic E-state index is 13.2. The second kappa shape index (κ2) is 11.6. The Morgan fingerprint density at radius 2 is 1.64 bits per heavy atom. The van der Waals surface area contributed by atoms with Crippen LogP contribution in [0.25, 0.3) is 0 Å². The zero-order chi connectivity index (χ0) is 27.5. The van der Waals surface area contributed by atoms with Crippen LogP contribution in [-0.2, 0) is 30.0 Å². The molecule has 206 valence electrons. The van der Waals surface area contributed by atoms with Gasteiger partial charge in [0, 0.05) is 18.6 Å². The molecule has 0 spiro atoms. The van der Waals surface area contributed by atoms with Crippen molar-refractivity contribution >= 4 is 14.3 Å². The number of hydrogen-bond donors (Lipinski definition) is 0. The quantitative estimate of drug-likeness (QED) is 0.257. The molecule has 0 aromatic heterocycles. The minimum Gasteiger partial charge on any atom is -0.460 e. The summed E-state index contributed by atoms with van der Waals surface area (Å²) in [7, 11) is -2.00.